The molecule has 5 nitrogen and oxygen atoms in total. The van der Waals surface area contributed by atoms with Crippen molar-refractivity contribution in [2.75, 3.05) is 12.3 Å². The Morgan fingerprint density at radius 3 is 2.39 bits per heavy atom. The van der Waals surface area contributed by atoms with Crippen LogP contribution >= 0.6 is 0 Å². The van der Waals surface area contributed by atoms with Gasteiger partial charge in [0.15, 0.2) is 0 Å². The molecule has 0 bridgehead atoms. The molecule has 0 atom stereocenters. The standard InChI is InChI=1S/C12H20N2O3S/c1-3-12(4-2,9-15)14-18(16,17)11-7-5-6-10(13)8-11/h5-8,14-15H,3-4,9,13H2,1-2H3. The van der Waals surface area contributed by atoms with Gasteiger partial charge >= 0.3 is 0 Å². The van der Waals surface area contributed by atoms with E-state index in [4.69, 9.17) is 5.73 Å². The van der Waals surface area contributed by atoms with Crippen LogP contribution in [0.4, 0.5) is 5.69 Å². The fourth-order valence-electron chi connectivity index (χ4n) is 1.68. The molecule has 0 fully saturated rings. The summed E-state index contributed by atoms with van der Waals surface area (Å²) in [7, 11) is -3.67. The second-order valence-electron chi connectivity index (χ2n) is 4.32. The lowest BCUT2D eigenvalue weighted by molar-refractivity contribution is 0.172. The van der Waals surface area contributed by atoms with Crippen molar-refractivity contribution in [3.05, 3.63) is 24.3 Å². The molecule has 0 aliphatic carbocycles. The Kier molecular flexibility index (Phi) is 4.72. The summed E-state index contributed by atoms with van der Waals surface area (Å²) in [5.41, 5.74) is 5.15. The highest BCUT2D eigenvalue weighted by Crippen LogP contribution is 2.20. The summed E-state index contributed by atoms with van der Waals surface area (Å²) >= 11 is 0. The van der Waals surface area contributed by atoms with Gasteiger partial charge in [-0.2, -0.15) is 0 Å². The number of hydrogen-bond donors (Lipinski definition) is 3. The van der Waals surface area contributed by atoms with E-state index in [1.54, 1.807) is 12.1 Å². The molecule has 0 amide bonds. The highest BCUT2D eigenvalue weighted by molar-refractivity contribution is 7.89. The summed E-state index contributed by atoms with van der Waals surface area (Å²) in [6.45, 7) is 3.44. The van der Waals surface area contributed by atoms with Crippen molar-refractivity contribution in [2.24, 2.45) is 0 Å². The molecule has 1 aromatic rings. The second-order valence-corrected chi connectivity index (χ2v) is 6.01. The molecular formula is C12H20N2O3S. The molecule has 0 spiro atoms. The molecule has 0 heterocycles. The number of aliphatic hydroxyl groups excluding tert-OH is 1. The summed E-state index contributed by atoms with van der Waals surface area (Å²) < 4.78 is 27.0. The van der Waals surface area contributed by atoms with Gasteiger partial charge in [-0.15, -0.1) is 0 Å². The van der Waals surface area contributed by atoms with E-state index in [9.17, 15) is 13.5 Å². The predicted molar refractivity (Wildman–Crippen MR) is 71.6 cm³/mol. The second kappa shape index (κ2) is 5.69. The molecule has 0 aliphatic heterocycles. The highest BCUT2D eigenvalue weighted by Gasteiger charge is 2.31. The number of aliphatic hydroxyl groups is 1. The predicted octanol–water partition coefficient (Wildman–Crippen LogP) is 1.10. The Labute approximate surface area is 108 Å². The highest BCUT2D eigenvalue weighted by atomic mass is 32.2. The first-order valence-corrected chi connectivity index (χ1v) is 7.38. The van der Waals surface area contributed by atoms with Crippen LogP contribution in [0.2, 0.25) is 0 Å². The van der Waals surface area contributed by atoms with Crippen molar-refractivity contribution in [3.8, 4) is 0 Å². The number of benzene rings is 1. The van der Waals surface area contributed by atoms with Crippen molar-refractivity contribution in [1.82, 2.24) is 4.72 Å². The molecule has 6 heteroatoms. The topological polar surface area (TPSA) is 92.4 Å². The molecule has 0 unspecified atom stereocenters. The van der Waals surface area contributed by atoms with E-state index >= 15 is 0 Å². The minimum Gasteiger partial charge on any atom is -0.399 e. The van der Waals surface area contributed by atoms with Crippen LogP contribution in [0.5, 0.6) is 0 Å². The van der Waals surface area contributed by atoms with Gasteiger partial charge in [0.05, 0.1) is 17.0 Å². The van der Waals surface area contributed by atoms with E-state index < -0.39 is 15.6 Å². The number of nitrogens with one attached hydrogen (secondary N) is 1. The van der Waals surface area contributed by atoms with E-state index in [1.807, 2.05) is 13.8 Å². The summed E-state index contributed by atoms with van der Waals surface area (Å²) in [4.78, 5) is 0.113. The zero-order valence-corrected chi connectivity index (χ0v) is 11.5. The third-order valence-electron chi connectivity index (χ3n) is 3.18. The van der Waals surface area contributed by atoms with Crippen LogP contribution in [-0.4, -0.2) is 25.7 Å². The maximum Gasteiger partial charge on any atom is 0.241 e. The first-order valence-electron chi connectivity index (χ1n) is 5.89. The number of anilines is 1. The van der Waals surface area contributed by atoms with Crippen molar-refractivity contribution in [3.63, 3.8) is 0 Å². The summed E-state index contributed by atoms with van der Waals surface area (Å²) in [6.07, 6.45) is 1.03. The molecule has 1 rings (SSSR count). The van der Waals surface area contributed by atoms with Gasteiger partial charge in [0, 0.05) is 5.69 Å². The Bertz CT molecular complexity index is 488. The molecule has 4 N–H and O–H groups in total. The maximum atomic E-state index is 12.2. The number of hydrogen-bond acceptors (Lipinski definition) is 4. The molecule has 102 valence electrons. The van der Waals surface area contributed by atoms with E-state index in [0.717, 1.165) is 0 Å². The van der Waals surface area contributed by atoms with Gasteiger partial charge in [-0.3, -0.25) is 0 Å². The molecule has 0 saturated carbocycles. The summed E-state index contributed by atoms with van der Waals surface area (Å²) in [5, 5.41) is 9.39. The van der Waals surface area contributed by atoms with Crippen molar-refractivity contribution in [1.29, 1.82) is 0 Å². The normalized spacial score (nSPS) is 12.6. The van der Waals surface area contributed by atoms with Crippen LogP contribution in [0.3, 0.4) is 0 Å². The van der Waals surface area contributed by atoms with E-state index in [1.165, 1.54) is 12.1 Å². The summed E-state index contributed by atoms with van der Waals surface area (Å²) in [6, 6.07) is 6.09. The van der Waals surface area contributed by atoms with Crippen LogP contribution < -0.4 is 10.5 Å². The first-order chi connectivity index (χ1) is 8.39. The maximum absolute atomic E-state index is 12.2. The average molecular weight is 272 g/mol. The first kappa shape index (κ1) is 14.9. The largest absolute Gasteiger partial charge is 0.399 e. The van der Waals surface area contributed by atoms with Gasteiger partial charge < -0.3 is 10.8 Å². The van der Waals surface area contributed by atoms with E-state index in [0.29, 0.717) is 18.5 Å². The van der Waals surface area contributed by atoms with Gasteiger partial charge in [0.25, 0.3) is 0 Å². The number of sulfonamides is 1. The minimum atomic E-state index is -3.67. The third-order valence-corrected chi connectivity index (χ3v) is 4.75. The van der Waals surface area contributed by atoms with Crippen LogP contribution in [0, 0.1) is 0 Å². The zero-order chi connectivity index (χ0) is 13.8. The SMILES string of the molecule is CCC(CC)(CO)NS(=O)(=O)c1cccc(N)c1. The van der Waals surface area contributed by atoms with Gasteiger partial charge in [0.1, 0.15) is 0 Å². The molecule has 0 saturated heterocycles. The van der Waals surface area contributed by atoms with Crippen molar-refractivity contribution < 1.29 is 13.5 Å². The molecule has 0 aliphatic rings. The fraction of sp³-hybridized carbons (Fsp3) is 0.500. The van der Waals surface area contributed by atoms with E-state index in [-0.39, 0.29) is 11.5 Å². The Morgan fingerprint density at radius 2 is 1.94 bits per heavy atom. The monoisotopic (exact) mass is 272 g/mol. The lowest BCUT2D eigenvalue weighted by Gasteiger charge is -2.30. The van der Waals surface area contributed by atoms with E-state index in [2.05, 4.69) is 4.72 Å². The van der Waals surface area contributed by atoms with Crippen molar-refractivity contribution in [2.45, 2.75) is 37.1 Å². The van der Waals surface area contributed by atoms with Crippen LogP contribution in [-0.2, 0) is 10.0 Å². The van der Waals surface area contributed by atoms with Crippen LogP contribution in [0.1, 0.15) is 26.7 Å². The van der Waals surface area contributed by atoms with Crippen LogP contribution in [0.15, 0.2) is 29.2 Å². The average Bonchev–Trinajstić information content (AvgIpc) is 2.36. The molecular weight excluding hydrogens is 252 g/mol. The Balaban J connectivity index is 3.08. The third kappa shape index (κ3) is 3.22. The van der Waals surface area contributed by atoms with Gasteiger partial charge in [-0.25, -0.2) is 13.1 Å². The Hall–Kier alpha value is -1.11. The van der Waals surface area contributed by atoms with Gasteiger partial charge in [-0.05, 0) is 31.0 Å². The fourth-order valence-corrected chi connectivity index (χ4v) is 3.27. The number of nitrogen functional groups attached to an aromatic ring is 1. The smallest absolute Gasteiger partial charge is 0.241 e. The zero-order valence-electron chi connectivity index (χ0n) is 10.7. The summed E-state index contributed by atoms with van der Waals surface area (Å²) in [5.74, 6) is 0. The van der Waals surface area contributed by atoms with Crippen LogP contribution in [0.25, 0.3) is 0 Å². The lowest BCUT2D eigenvalue weighted by atomic mass is 9.96. The Morgan fingerprint density at radius 1 is 1.33 bits per heavy atom. The number of nitrogens with two attached hydrogens (primary N) is 1. The molecule has 18 heavy (non-hydrogen) atoms. The lowest BCUT2D eigenvalue weighted by Crippen LogP contribution is -2.50. The van der Waals surface area contributed by atoms with Crippen molar-refractivity contribution >= 4 is 15.7 Å². The molecule has 0 radical (unpaired) electrons. The minimum absolute atomic E-state index is 0.113. The molecule has 0 aromatic heterocycles. The van der Waals surface area contributed by atoms with Gasteiger partial charge in [-0.1, -0.05) is 19.9 Å². The molecule has 1 aromatic carbocycles. The quantitative estimate of drug-likeness (QED) is 0.676. The number of rotatable bonds is 6. The van der Waals surface area contributed by atoms with Gasteiger partial charge in [0.2, 0.25) is 10.0 Å².